The number of para-hydroxylation sites is 1. The van der Waals surface area contributed by atoms with Gasteiger partial charge in [-0.1, -0.05) is 32.0 Å². The van der Waals surface area contributed by atoms with Crippen LogP contribution in [0.25, 0.3) is 0 Å². The lowest BCUT2D eigenvalue weighted by Crippen LogP contribution is -2.39. The molecule has 0 unspecified atom stereocenters. The predicted molar refractivity (Wildman–Crippen MR) is 89.8 cm³/mol. The van der Waals surface area contributed by atoms with Crippen molar-refractivity contribution in [3.8, 4) is 0 Å². The lowest BCUT2D eigenvalue weighted by molar-refractivity contribution is -0.684. The van der Waals surface area contributed by atoms with Gasteiger partial charge in [0.05, 0.1) is 0 Å². The number of pyridine rings is 1. The van der Waals surface area contributed by atoms with E-state index in [1.165, 1.54) is 5.56 Å². The van der Waals surface area contributed by atoms with Crippen molar-refractivity contribution in [2.24, 2.45) is 0 Å². The predicted octanol–water partition coefficient (Wildman–Crippen LogP) is 3.82. The summed E-state index contributed by atoms with van der Waals surface area (Å²) in [5, 5.41) is 2.96. The first-order chi connectivity index (χ1) is 10.6. The molecule has 1 heterocycles. The molecule has 3 nitrogen and oxygen atoms in total. The van der Waals surface area contributed by atoms with Gasteiger partial charge in [-0.15, -0.1) is 0 Å². The number of hydrogen-bond donors (Lipinski definition) is 1. The van der Waals surface area contributed by atoms with E-state index in [9.17, 15) is 4.79 Å². The maximum Gasteiger partial charge on any atom is 0.290 e. The van der Waals surface area contributed by atoms with Crippen LogP contribution in [0.5, 0.6) is 0 Å². The number of nitrogens with zero attached hydrogens (tertiary/aromatic N) is 1. The average Bonchev–Trinajstić information content (AvgIpc) is 2.52. The molecule has 0 atom stereocenters. The molecule has 0 bridgehead atoms. The first-order valence-electron chi connectivity index (χ1n) is 7.98. The van der Waals surface area contributed by atoms with E-state index in [1.54, 1.807) is 0 Å². The molecule has 1 aromatic heterocycles. The maximum atomic E-state index is 12.1. The molecular formula is C19H25N2O+. The molecule has 1 amide bonds. The molecule has 0 saturated heterocycles. The average molecular weight is 297 g/mol. The normalized spacial score (nSPS) is 10.7. The highest BCUT2D eigenvalue weighted by molar-refractivity contribution is 5.90. The largest absolute Gasteiger partial charge is 0.320 e. The van der Waals surface area contributed by atoms with E-state index in [-0.39, 0.29) is 5.91 Å². The molecular weight excluding hydrogens is 272 g/mol. The Morgan fingerprint density at radius 3 is 2.32 bits per heavy atom. The van der Waals surface area contributed by atoms with Crippen molar-refractivity contribution in [1.82, 2.24) is 0 Å². The maximum absolute atomic E-state index is 12.1. The van der Waals surface area contributed by atoms with Crippen molar-refractivity contribution in [3.05, 3.63) is 59.9 Å². The van der Waals surface area contributed by atoms with Gasteiger partial charge in [-0.3, -0.25) is 4.79 Å². The summed E-state index contributed by atoms with van der Waals surface area (Å²) in [6.45, 7) is 6.75. The topological polar surface area (TPSA) is 33.0 Å². The lowest BCUT2D eigenvalue weighted by Gasteiger charge is -2.11. The molecule has 0 radical (unpaired) electrons. The Labute approximate surface area is 133 Å². The summed E-state index contributed by atoms with van der Waals surface area (Å²) >= 11 is 0. The molecule has 1 N–H and O–H groups in total. The Morgan fingerprint density at radius 1 is 1.09 bits per heavy atom. The third kappa shape index (κ3) is 4.17. The molecule has 1 aromatic carbocycles. The highest BCUT2D eigenvalue weighted by atomic mass is 16.1. The second-order valence-electron chi connectivity index (χ2n) is 5.68. The molecule has 2 aromatic rings. The van der Waals surface area contributed by atoms with Crippen molar-refractivity contribution in [2.75, 3.05) is 5.32 Å². The summed E-state index contributed by atoms with van der Waals surface area (Å²) in [6, 6.07) is 12.1. The Bertz CT molecular complexity index is 616. The van der Waals surface area contributed by atoms with Gasteiger partial charge in [0.25, 0.3) is 5.91 Å². The Hall–Kier alpha value is -2.16. The number of carbonyl (C=O) groups is 1. The second-order valence-corrected chi connectivity index (χ2v) is 5.68. The zero-order chi connectivity index (χ0) is 15.9. The van der Waals surface area contributed by atoms with Gasteiger partial charge < -0.3 is 5.32 Å². The van der Waals surface area contributed by atoms with Crippen LogP contribution in [0.15, 0.2) is 48.8 Å². The van der Waals surface area contributed by atoms with Gasteiger partial charge >= 0.3 is 0 Å². The smallest absolute Gasteiger partial charge is 0.290 e. The molecule has 3 heteroatoms. The number of benzene rings is 1. The van der Waals surface area contributed by atoms with E-state index in [0.29, 0.717) is 12.5 Å². The molecule has 0 aliphatic rings. The standard InChI is InChI=1S/C19H24N2O/c1-4-16(5-2)17-10-12-21(13-11-17)14-19(22)20-18-9-7-6-8-15(18)3/h6-13,16H,4-5,14H2,1-3H3/p+1. The number of hydrogen-bond acceptors (Lipinski definition) is 1. The van der Waals surface area contributed by atoms with Crippen LogP contribution in [-0.4, -0.2) is 5.91 Å². The first-order valence-corrected chi connectivity index (χ1v) is 7.98. The van der Waals surface area contributed by atoms with Gasteiger partial charge in [0.15, 0.2) is 12.4 Å². The van der Waals surface area contributed by atoms with E-state index in [4.69, 9.17) is 0 Å². The van der Waals surface area contributed by atoms with Crippen LogP contribution in [0.4, 0.5) is 5.69 Å². The van der Waals surface area contributed by atoms with Crippen LogP contribution >= 0.6 is 0 Å². The molecule has 22 heavy (non-hydrogen) atoms. The van der Waals surface area contributed by atoms with Gasteiger partial charge in [0, 0.05) is 17.8 Å². The van der Waals surface area contributed by atoms with Crippen LogP contribution in [0, 0.1) is 6.92 Å². The van der Waals surface area contributed by atoms with Crippen LogP contribution in [0.1, 0.15) is 43.7 Å². The number of carbonyl (C=O) groups excluding carboxylic acids is 1. The van der Waals surface area contributed by atoms with Crippen LogP contribution in [0.2, 0.25) is 0 Å². The number of rotatable bonds is 6. The lowest BCUT2D eigenvalue weighted by atomic mass is 9.95. The van der Waals surface area contributed by atoms with Crippen molar-refractivity contribution in [1.29, 1.82) is 0 Å². The highest BCUT2D eigenvalue weighted by Gasteiger charge is 2.12. The van der Waals surface area contributed by atoms with Gasteiger partial charge in [-0.2, -0.15) is 4.57 Å². The zero-order valence-corrected chi connectivity index (χ0v) is 13.7. The fraction of sp³-hybridized carbons (Fsp3) is 0.368. The third-order valence-electron chi connectivity index (χ3n) is 4.12. The molecule has 0 saturated carbocycles. The fourth-order valence-electron chi connectivity index (χ4n) is 2.68. The van der Waals surface area contributed by atoms with Crippen molar-refractivity contribution < 1.29 is 9.36 Å². The SMILES string of the molecule is CCC(CC)c1cc[n+](CC(=O)Nc2ccccc2C)cc1. The van der Waals surface area contributed by atoms with Crippen molar-refractivity contribution in [2.45, 2.75) is 46.1 Å². The minimum Gasteiger partial charge on any atom is -0.320 e. The second kappa shape index (κ2) is 7.74. The Balaban J connectivity index is 1.99. The summed E-state index contributed by atoms with van der Waals surface area (Å²) in [4.78, 5) is 12.1. The van der Waals surface area contributed by atoms with E-state index < -0.39 is 0 Å². The number of nitrogens with one attached hydrogen (secondary N) is 1. The van der Waals surface area contributed by atoms with Crippen LogP contribution in [-0.2, 0) is 11.3 Å². The van der Waals surface area contributed by atoms with Gasteiger partial charge in [-0.05, 0) is 42.9 Å². The van der Waals surface area contributed by atoms with E-state index in [1.807, 2.05) is 48.1 Å². The summed E-state index contributed by atoms with van der Waals surface area (Å²) in [7, 11) is 0. The van der Waals surface area contributed by atoms with Crippen LogP contribution in [0.3, 0.4) is 0 Å². The summed E-state index contributed by atoms with van der Waals surface area (Å²) in [6.07, 6.45) is 6.28. The van der Waals surface area contributed by atoms with Crippen LogP contribution < -0.4 is 9.88 Å². The number of amides is 1. The Kier molecular flexibility index (Phi) is 5.70. The van der Waals surface area contributed by atoms with Gasteiger partial charge in [0.2, 0.25) is 6.54 Å². The molecule has 0 spiro atoms. The number of aryl methyl sites for hydroxylation is 1. The monoisotopic (exact) mass is 297 g/mol. The summed E-state index contributed by atoms with van der Waals surface area (Å²) in [5.74, 6) is 0.602. The van der Waals surface area contributed by atoms with E-state index in [0.717, 1.165) is 24.1 Å². The fourth-order valence-corrected chi connectivity index (χ4v) is 2.68. The summed E-state index contributed by atoms with van der Waals surface area (Å²) < 4.78 is 1.92. The van der Waals surface area contributed by atoms with Gasteiger partial charge in [-0.25, -0.2) is 0 Å². The number of aromatic nitrogens is 1. The van der Waals surface area contributed by atoms with E-state index in [2.05, 4.69) is 31.3 Å². The third-order valence-corrected chi connectivity index (χ3v) is 4.12. The molecule has 0 aliphatic carbocycles. The quantitative estimate of drug-likeness (QED) is 0.808. The molecule has 116 valence electrons. The summed E-state index contributed by atoms with van der Waals surface area (Å²) in [5.41, 5.74) is 3.30. The van der Waals surface area contributed by atoms with E-state index >= 15 is 0 Å². The van der Waals surface area contributed by atoms with Crippen molar-refractivity contribution in [3.63, 3.8) is 0 Å². The van der Waals surface area contributed by atoms with Gasteiger partial charge in [0.1, 0.15) is 0 Å². The highest BCUT2D eigenvalue weighted by Crippen LogP contribution is 2.21. The molecule has 0 fully saturated rings. The number of anilines is 1. The minimum atomic E-state index is -0.00502. The van der Waals surface area contributed by atoms with Crippen molar-refractivity contribution >= 4 is 11.6 Å². The zero-order valence-electron chi connectivity index (χ0n) is 13.7. The molecule has 0 aliphatic heterocycles. The molecule has 2 rings (SSSR count). The first kappa shape index (κ1) is 16.2. The Morgan fingerprint density at radius 2 is 1.73 bits per heavy atom. The minimum absolute atomic E-state index is 0.00502.